The van der Waals surface area contributed by atoms with Gasteiger partial charge in [-0.25, -0.2) is 14.2 Å². The Morgan fingerprint density at radius 3 is 2.93 bits per heavy atom. The molecule has 1 aromatic rings. The minimum Gasteiger partial charge on any atom is -0.496 e. The summed E-state index contributed by atoms with van der Waals surface area (Å²) in [6.45, 7) is -0.373. The van der Waals surface area contributed by atoms with Gasteiger partial charge in [0, 0.05) is 5.56 Å². The second kappa shape index (κ2) is 5.14. The number of benzene rings is 1. The standard InChI is InChI=1S/C10H10FNO2/c1-14-10-3-2-8(6-12-7-13)4-9(10)5-11/h2-4H,5-6H2,1H3. The maximum atomic E-state index is 12.5. The second-order valence-electron chi connectivity index (χ2n) is 2.69. The van der Waals surface area contributed by atoms with Crippen LogP contribution < -0.4 is 4.74 Å². The number of alkyl halides is 1. The van der Waals surface area contributed by atoms with Crippen LogP contribution in [0.1, 0.15) is 11.1 Å². The van der Waals surface area contributed by atoms with E-state index in [9.17, 15) is 9.18 Å². The van der Waals surface area contributed by atoms with Gasteiger partial charge in [0.15, 0.2) is 0 Å². The molecule has 0 spiro atoms. The number of ether oxygens (including phenoxy) is 1. The highest BCUT2D eigenvalue weighted by Crippen LogP contribution is 2.21. The normalized spacial score (nSPS) is 9.29. The van der Waals surface area contributed by atoms with Crippen LogP contribution in [-0.2, 0) is 18.0 Å². The van der Waals surface area contributed by atoms with Crippen molar-refractivity contribution in [2.24, 2.45) is 4.99 Å². The summed E-state index contributed by atoms with van der Waals surface area (Å²) in [5.41, 5.74) is 1.23. The summed E-state index contributed by atoms with van der Waals surface area (Å²) < 4.78 is 17.4. The van der Waals surface area contributed by atoms with Gasteiger partial charge in [-0.2, -0.15) is 0 Å². The van der Waals surface area contributed by atoms with E-state index in [-0.39, 0.29) is 6.54 Å². The van der Waals surface area contributed by atoms with Crippen LogP contribution in [0, 0.1) is 0 Å². The number of hydrogen-bond donors (Lipinski definition) is 0. The maximum Gasteiger partial charge on any atom is 0.235 e. The number of carbonyl (C=O) groups excluding carboxylic acids is 1. The lowest BCUT2D eigenvalue weighted by Gasteiger charge is -2.06. The highest BCUT2D eigenvalue weighted by Gasteiger charge is 2.03. The third-order valence-corrected chi connectivity index (χ3v) is 1.81. The highest BCUT2D eigenvalue weighted by atomic mass is 19.1. The maximum absolute atomic E-state index is 12.5. The Hall–Kier alpha value is -1.67. The van der Waals surface area contributed by atoms with E-state index in [1.165, 1.54) is 13.2 Å². The van der Waals surface area contributed by atoms with Crippen molar-refractivity contribution in [1.82, 2.24) is 0 Å². The number of rotatable bonds is 4. The summed E-state index contributed by atoms with van der Waals surface area (Å²) in [5.74, 6) is 0.506. The van der Waals surface area contributed by atoms with Crippen molar-refractivity contribution in [3.05, 3.63) is 29.3 Å². The summed E-state index contributed by atoms with van der Waals surface area (Å²) in [6, 6.07) is 5.02. The van der Waals surface area contributed by atoms with Gasteiger partial charge in [0.2, 0.25) is 6.08 Å². The fraction of sp³-hybridized carbons (Fsp3) is 0.300. The van der Waals surface area contributed by atoms with Crippen LogP contribution in [0.25, 0.3) is 0 Å². The Balaban J connectivity index is 2.94. The molecule has 0 fully saturated rings. The molecule has 74 valence electrons. The SMILES string of the molecule is COc1ccc(CN=C=O)cc1CF. The van der Waals surface area contributed by atoms with E-state index in [0.717, 1.165) is 5.56 Å². The molecule has 3 nitrogen and oxygen atoms in total. The average molecular weight is 195 g/mol. The van der Waals surface area contributed by atoms with E-state index >= 15 is 0 Å². The summed E-state index contributed by atoms with van der Waals surface area (Å²) in [4.78, 5) is 13.3. The van der Waals surface area contributed by atoms with Crippen LogP contribution in [0.5, 0.6) is 5.75 Å². The zero-order valence-corrected chi connectivity index (χ0v) is 7.79. The quantitative estimate of drug-likeness (QED) is 0.544. The van der Waals surface area contributed by atoms with E-state index in [1.54, 1.807) is 18.2 Å². The fourth-order valence-electron chi connectivity index (χ4n) is 1.16. The minimum atomic E-state index is -0.595. The van der Waals surface area contributed by atoms with E-state index in [2.05, 4.69) is 4.99 Å². The van der Waals surface area contributed by atoms with Crippen LogP contribution >= 0.6 is 0 Å². The molecule has 0 saturated heterocycles. The molecule has 0 saturated carbocycles. The van der Waals surface area contributed by atoms with Crippen molar-refractivity contribution in [2.45, 2.75) is 13.2 Å². The Morgan fingerprint density at radius 1 is 1.57 bits per heavy atom. The van der Waals surface area contributed by atoms with Crippen molar-refractivity contribution in [1.29, 1.82) is 0 Å². The third kappa shape index (κ3) is 2.41. The molecule has 0 aliphatic carbocycles. The molecule has 0 amide bonds. The van der Waals surface area contributed by atoms with Gasteiger partial charge in [0.05, 0.1) is 13.7 Å². The number of methoxy groups -OCH3 is 1. The number of halogens is 1. The molecular formula is C10H10FNO2. The number of aliphatic imine (C=N–C) groups is 1. The molecule has 0 aromatic heterocycles. The van der Waals surface area contributed by atoms with E-state index in [0.29, 0.717) is 11.3 Å². The lowest BCUT2D eigenvalue weighted by Crippen LogP contribution is -1.92. The van der Waals surface area contributed by atoms with Crippen molar-refractivity contribution >= 4 is 6.08 Å². The van der Waals surface area contributed by atoms with E-state index < -0.39 is 6.67 Å². The van der Waals surface area contributed by atoms with Crippen molar-refractivity contribution in [3.63, 3.8) is 0 Å². The number of nitrogens with zero attached hydrogens (tertiary/aromatic N) is 1. The topological polar surface area (TPSA) is 38.7 Å². The summed E-state index contributed by atoms with van der Waals surface area (Å²) >= 11 is 0. The smallest absolute Gasteiger partial charge is 0.235 e. The lowest BCUT2D eigenvalue weighted by molar-refractivity contribution is 0.394. The van der Waals surface area contributed by atoms with Gasteiger partial charge in [-0.1, -0.05) is 6.07 Å². The summed E-state index contributed by atoms with van der Waals surface area (Å²) in [6.07, 6.45) is 1.43. The van der Waals surface area contributed by atoms with Crippen molar-refractivity contribution < 1.29 is 13.9 Å². The third-order valence-electron chi connectivity index (χ3n) is 1.81. The van der Waals surface area contributed by atoms with Crippen LogP contribution in [-0.4, -0.2) is 13.2 Å². The Labute approximate surface area is 81.2 Å². The molecule has 0 bridgehead atoms. The van der Waals surface area contributed by atoms with E-state index in [4.69, 9.17) is 4.74 Å². The second-order valence-corrected chi connectivity index (χ2v) is 2.69. The molecule has 0 aliphatic heterocycles. The average Bonchev–Trinajstić information content (AvgIpc) is 2.25. The van der Waals surface area contributed by atoms with E-state index in [1.807, 2.05) is 0 Å². The first-order valence-electron chi connectivity index (χ1n) is 4.07. The van der Waals surface area contributed by atoms with Crippen LogP contribution in [0.4, 0.5) is 4.39 Å². The first-order chi connectivity index (χ1) is 6.81. The predicted molar refractivity (Wildman–Crippen MR) is 49.6 cm³/mol. The molecule has 0 heterocycles. The molecular weight excluding hydrogens is 185 g/mol. The largest absolute Gasteiger partial charge is 0.496 e. The van der Waals surface area contributed by atoms with Gasteiger partial charge in [0.25, 0.3) is 0 Å². The summed E-state index contributed by atoms with van der Waals surface area (Å²) in [7, 11) is 1.48. The van der Waals surface area contributed by atoms with Gasteiger partial charge >= 0.3 is 0 Å². The fourth-order valence-corrected chi connectivity index (χ4v) is 1.16. The number of isocyanates is 1. The zero-order chi connectivity index (χ0) is 10.4. The molecule has 1 rings (SSSR count). The first-order valence-corrected chi connectivity index (χ1v) is 4.07. The van der Waals surface area contributed by atoms with Gasteiger partial charge < -0.3 is 4.74 Å². The molecule has 14 heavy (non-hydrogen) atoms. The predicted octanol–water partition coefficient (Wildman–Crippen LogP) is 2.00. The molecule has 4 heteroatoms. The van der Waals surface area contributed by atoms with Gasteiger partial charge in [-0.15, -0.1) is 0 Å². The minimum absolute atomic E-state index is 0.223. The molecule has 1 aromatic carbocycles. The monoisotopic (exact) mass is 195 g/mol. The number of hydrogen-bond acceptors (Lipinski definition) is 3. The molecule has 0 unspecified atom stereocenters. The molecule has 0 atom stereocenters. The van der Waals surface area contributed by atoms with Crippen LogP contribution in [0.2, 0.25) is 0 Å². The lowest BCUT2D eigenvalue weighted by atomic mass is 10.1. The molecule has 0 aliphatic rings. The van der Waals surface area contributed by atoms with Gasteiger partial charge in [-0.05, 0) is 17.7 Å². The van der Waals surface area contributed by atoms with Gasteiger partial charge in [0.1, 0.15) is 12.4 Å². The van der Waals surface area contributed by atoms with Gasteiger partial charge in [-0.3, -0.25) is 0 Å². The Kier molecular flexibility index (Phi) is 3.83. The highest BCUT2D eigenvalue weighted by molar-refractivity contribution is 5.38. The van der Waals surface area contributed by atoms with Crippen LogP contribution in [0.3, 0.4) is 0 Å². The van der Waals surface area contributed by atoms with Crippen molar-refractivity contribution in [3.8, 4) is 5.75 Å². The van der Waals surface area contributed by atoms with Crippen molar-refractivity contribution in [2.75, 3.05) is 7.11 Å². The Morgan fingerprint density at radius 2 is 2.36 bits per heavy atom. The van der Waals surface area contributed by atoms with Crippen LogP contribution in [0.15, 0.2) is 23.2 Å². The summed E-state index contributed by atoms with van der Waals surface area (Å²) in [5, 5.41) is 0. The molecule has 0 N–H and O–H groups in total. The Bertz CT molecular complexity index is 359. The first kappa shape index (κ1) is 10.4. The molecule has 0 radical (unpaired) electrons. The zero-order valence-electron chi connectivity index (χ0n) is 7.79.